The summed E-state index contributed by atoms with van der Waals surface area (Å²) in [6.45, 7) is 7.37. The number of fused-ring (bicyclic) bond motifs is 1. The molecule has 11 nitrogen and oxygen atoms in total. The highest BCUT2D eigenvalue weighted by Crippen LogP contribution is 2.32. The second kappa shape index (κ2) is 12.7. The van der Waals surface area contributed by atoms with E-state index in [0.717, 1.165) is 16.0 Å². The van der Waals surface area contributed by atoms with Crippen LogP contribution in [0.5, 0.6) is 0 Å². The number of carboxylic acids is 1. The maximum Gasteiger partial charge on any atom is 0.417 e. The molecule has 1 aliphatic rings. The summed E-state index contributed by atoms with van der Waals surface area (Å²) in [5, 5.41) is 13.2. The van der Waals surface area contributed by atoms with Crippen molar-refractivity contribution in [2.45, 2.75) is 64.1 Å². The predicted octanol–water partition coefficient (Wildman–Crippen LogP) is 5.81. The zero-order valence-electron chi connectivity index (χ0n) is 25.2. The lowest BCUT2D eigenvalue weighted by atomic mass is 9.91. The molecule has 0 saturated heterocycles. The van der Waals surface area contributed by atoms with E-state index in [4.69, 9.17) is 4.74 Å². The Bertz CT molecular complexity index is 1640. The van der Waals surface area contributed by atoms with Crippen molar-refractivity contribution in [3.63, 3.8) is 0 Å². The molecule has 11 heteroatoms. The van der Waals surface area contributed by atoms with Crippen LogP contribution in [0, 0.1) is 0 Å². The highest BCUT2D eigenvalue weighted by molar-refractivity contribution is 5.93. The number of carboxylic acid groups (broad SMARTS) is 1. The number of nitrogens with one attached hydrogen (secondary N) is 1. The molecule has 2 aromatic carbocycles. The fourth-order valence-corrected chi connectivity index (χ4v) is 5.34. The first-order valence-corrected chi connectivity index (χ1v) is 14.6. The van der Waals surface area contributed by atoms with Crippen LogP contribution in [-0.4, -0.2) is 65.7 Å². The number of allylic oxidation sites excluding steroid dienone is 1. The van der Waals surface area contributed by atoms with Gasteiger partial charge >= 0.3 is 12.1 Å². The topological polar surface area (TPSA) is 140 Å². The van der Waals surface area contributed by atoms with Crippen LogP contribution in [0.25, 0.3) is 11.2 Å². The molecule has 0 fully saturated rings. The molecule has 0 radical (unpaired) electrons. The molecule has 2 aromatic heterocycles. The molecule has 0 unspecified atom stereocenters. The van der Waals surface area contributed by atoms with Gasteiger partial charge in [0.05, 0.1) is 18.4 Å². The van der Waals surface area contributed by atoms with Crippen molar-refractivity contribution in [2.24, 2.45) is 0 Å². The Morgan fingerprint density at radius 3 is 2.23 bits per heavy atom. The van der Waals surface area contributed by atoms with Crippen molar-refractivity contribution >= 4 is 35.0 Å². The zero-order chi connectivity index (χ0) is 31.4. The fourth-order valence-electron chi connectivity index (χ4n) is 5.34. The van der Waals surface area contributed by atoms with Crippen molar-refractivity contribution in [3.8, 4) is 0 Å². The average Bonchev–Trinajstić information content (AvgIpc) is 3.65. The molecule has 0 saturated carbocycles. The summed E-state index contributed by atoms with van der Waals surface area (Å²) in [5.74, 6) is -1.72. The number of imidazole rings is 1. The number of ether oxygens (including phenoxy) is 1. The van der Waals surface area contributed by atoms with Crippen LogP contribution in [0.3, 0.4) is 0 Å². The Morgan fingerprint density at radius 1 is 1.02 bits per heavy atom. The third-order valence-electron chi connectivity index (χ3n) is 7.38. The molecule has 2 amide bonds. The van der Waals surface area contributed by atoms with E-state index >= 15 is 0 Å². The molecule has 5 rings (SSSR count). The van der Waals surface area contributed by atoms with E-state index in [1.807, 2.05) is 42.5 Å². The number of hydrogen-bond donors (Lipinski definition) is 2. The first-order valence-electron chi connectivity index (χ1n) is 14.6. The van der Waals surface area contributed by atoms with Crippen LogP contribution in [0.1, 0.15) is 74.2 Å². The van der Waals surface area contributed by atoms with E-state index in [0.29, 0.717) is 29.9 Å². The molecule has 228 valence electrons. The molecule has 44 heavy (non-hydrogen) atoms. The number of aromatic nitrogens is 4. The number of amides is 2. The van der Waals surface area contributed by atoms with Gasteiger partial charge < -0.3 is 19.7 Å². The number of rotatable bonds is 9. The normalized spacial score (nSPS) is 16.3. The molecule has 2 atom stereocenters. The van der Waals surface area contributed by atoms with Crippen LogP contribution in [0.15, 0.2) is 79.1 Å². The largest absolute Gasteiger partial charge is 0.475 e. The van der Waals surface area contributed by atoms with Crippen LogP contribution in [0.4, 0.5) is 10.6 Å². The Hall–Kier alpha value is -5.06. The monoisotopic (exact) mass is 596 g/mol. The first kappa shape index (κ1) is 30.4. The van der Waals surface area contributed by atoms with Crippen LogP contribution >= 0.6 is 0 Å². The number of carbonyl (C=O) groups is 3. The number of benzene rings is 2. The van der Waals surface area contributed by atoms with Gasteiger partial charge in [0.1, 0.15) is 5.60 Å². The molecule has 0 aliphatic heterocycles. The lowest BCUT2D eigenvalue weighted by molar-refractivity contribution is -0.131. The maximum absolute atomic E-state index is 13.0. The van der Waals surface area contributed by atoms with Crippen molar-refractivity contribution in [2.75, 3.05) is 11.9 Å². The molecule has 2 heterocycles. The molecule has 4 aromatic rings. The van der Waals surface area contributed by atoms with Gasteiger partial charge in [-0.1, -0.05) is 79.7 Å². The highest BCUT2D eigenvalue weighted by Gasteiger charge is 2.36. The Kier molecular flexibility index (Phi) is 8.75. The summed E-state index contributed by atoms with van der Waals surface area (Å²) in [4.78, 5) is 52.2. The van der Waals surface area contributed by atoms with Crippen molar-refractivity contribution < 1.29 is 24.2 Å². The standard InChI is InChI=1S/C33H36N6O5/c1-5-26(40)39(32(43)44-33(2,3)4)24-17-16-23(18-24)38-20-35-27-28(36-29(31(41)42)37-30(27)38)34-19-25(21-12-8-6-9-13-21)22-14-10-7-11-15-22/h6-17,20,23-25H,5,18-19H2,1-4H3,(H,41,42)(H,34,36,37)/t23-,24+/m0/s1. The zero-order valence-corrected chi connectivity index (χ0v) is 25.2. The third kappa shape index (κ3) is 6.61. The average molecular weight is 597 g/mol. The van der Waals surface area contributed by atoms with Crippen LogP contribution < -0.4 is 5.32 Å². The van der Waals surface area contributed by atoms with E-state index in [1.165, 1.54) is 0 Å². The maximum atomic E-state index is 13.0. The number of anilines is 1. The van der Waals surface area contributed by atoms with Gasteiger partial charge in [-0.05, 0) is 38.3 Å². The number of aromatic carboxylic acids is 1. The summed E-state index contributed by atoms with van der Waals surface area (Å²) in [6.07, 6.45) is 5.02. The minimum absolute atomic E-state index is 0.0359. The highest BCUT2D eigenvalue weighted by atomic mass is 16.6. The minimum atomic E-state index is -1.27. The molecule has 1 aliphatic carbocycles. The van der Waals surface area contributed by atoms with E-state index in [1.54, 1.807) is 44.7 Å². The molecule has 0 spiro atoms. The summed E-state index contributed by atoms with van der Waals surface area (Å²) in [7, 11) is 0. The van der Waals surface area contributed by atoms with Gasteiger partial charge in [0.15, 0.2) is 17.0 Å². The fraction of sp³-hybridized carbons (Fsp3) is 0.333. The summed E-state index contributed by atoms with van der Waals surface area (Å²) >= 11 is 0. The van der Waals surface area contributed by atoms with Gasteiger partial charge in [-0.3, -0.25) is 4.79 Å². The third-order valence-corrected chi connectivity index (χ3v) is 7.38. The van der Waals surface area contributed by atoms with Crippen molar-refractivity contribution in [1.29, 1.82) is 0 Å². The predicted molar refractivity (Wildman–Crippen MR) is 165 cm³/mol. The van der Waals surface area contributed by atoms with E-state index in [9.17, 15) is 19.5 Å². The van der Waals surface area contributed by atoms with Crippen LogP contribution in [-0.2, 0) is 9.53 Å². The van der Waals surface area contributed by atoms with Gasteiger partial charge in [-0.25, -0.2) is 29.4 Å². The second-order valence-electron chi connectivity index (χ2n) is 11.6. The number of nitrogens with zero attached hydrogens (tertiary/aromatic N) is 5. The van der Waals surface area contributed by atoms with Crippen molar-refractivity contribution in [3.05, 3.63) is 96.1 Å². The minimum Gasteiger partial charge on any atom is -0.475 e. The summed E-state index contributed by atoms with van der Waals surface area (Å²) < 4.78 is 7.27. The Balaban J connectivity index is 1.44. The quantitative estimate of drug-likeness (QED) is 0.229. The molecule has 0 bridgehead atoms. The van der Waals surface area contributed by atoms with Gasteiger partial charge in [0.25, 0.3) is 0 Å². The number of carbonyl (C=O) groups excluding carboxylic acids is 2. The Labute approximate surface area is 255 Å². The molecule has 2 N–H and O–H groups in total. The SMILES string of the molecule is CCC(=O)N(C(=O)OC(C)(C)C)[C@@H]1C=C[C@H](n2cnc3c(NCC(c4ccccc4)c4ccccc4)nc(C(=O)O)nc32)C1. The number of imide groups is 1. The molecular weight excluding hydrogens is 560 g/mol. The van der Waals surface area contributed by atoms with Crippen LogP contribution in [0.2, 0.25) is 0 Å². The van der Waals surface area contributed by atoms with Gasteiger partial charge in [-0.15, -0.1) is 0 Å². The smallest absolute Gasteiger partial charge is 0.417 e. The summed E-state index contributed by atoms with van der Waals surface area (Å²) in [6, 6.07) is 19.2. The van der Waals surface area contributed by atoms with E-state index in [2.05, 4.69) is 44.5 Å². The van der Waals surface area contributed by atoms with Gasteiger partial charge in [0, 0.05) is 18.9 Å². The lowest BCUT2D eigenvalue weighted by Crippen LogP contribution is -2.45. The van der Waals surface area contributed by atoms with E-state index < -0.39 is 23.7 Å². The van der Waals surface area contributed by atoms with Gasteiger partial charge in [0.2, 0.25) is 11.7 Å². The molecular formula is C33H36N6O5. The second-order valence-corrected chi connectivity index (χ2v) is 11.6. The number of hydrogen-bond acceptors (Lipinski definition) is 8. The Morgan fingerprint density at radius 2 is 1.66 bits per heavy atom. The summed E-state index contributed by atoms with van der Waals surface area (Å²) in [5.41, 5.74) is 2.17. The lowest BCUT2D eigenvalue weighted by Gasteiger charge is -2.29. The van der Waals surface area contributed by atoms with Gasteiger partial charge in [-0.2, -0.15) is 0 Å². The van der Waals surface area contributed by atoms with Crippen molar-refractivity contribution in [1.82, 2.24) is 24.4 Å². The van der Waals surface area contributed by atoms with E-state index in [-0.39, 0.29) is 30.1 Å². The first-order chi connectivity index (χ1) is 21.1.